The fraction of sp³-hybridized carbons (Fsp3) is 0.167. The molecule has 0 aliphatic carbocycles. The molecule has 0 aliphatic rings. The zero-order valence-electron chi connectivity index (χ0n) is 9.33. The molecule has 86 valence electrons. The molecule has 0 aliphatic heterocycles. The van der Waals surface area contributed by atoms with Gasteiger partial charge in [0.2, 0.25) is 0 Å². The zero-order chi connectivity index (χ0) is 12.1. The third kappa shape index (κ3) is 2.44. The van der Waals surface area contributed by atoms with Crippen LogP contribution in [0.1, 0.15) is 17.3 Å². The molecule has 0 saturated carbocycles. The van der Waals surface area contributed by atoms with Gasteiger partial charge in [0.15, 0.2) is 0 Å². The van der Waals surface area contributed by atoms with Gasteiger partial charge in [-0.15, -0.1) is 0 Å². The van der Waals surface area contributed by atoms with Gasteiger partial charge < -0.3 is 4.74 Å². The molecule has 0 spiro atoms. The Labute approximate surface area is 98.5 Å². The van der Waals surface area contributed by atoms with Gasteiger partial charge >= 0.3 is 5.97 Å². The number of aromatic nitrogens is 3. The van der Waals surface area contributed by atoms with E-state index in [1.54, 1.807) is 37.5 Å². The summed E-state index contributed by atoms with van der Waals surface area (Å²) in [5.74, 6) is -0.394. The molecule has 2 aromatic heterocycles. The normalized spacial score (nSPS) is 9.94. The monoisotopic (exact) mass is 229 g/mol. The van der Waals surface area contributed by atoms with Gasteiger partial charge in [0.1, 0.15) is 12.0 Å². The Morgan fingerprint density at radius 2 is 2.18 bits per heavy atom. The van der Waals surface area contributed by atoms with Crippen LogP contribution in [0, 0.1) is 0 Å². The third-order valence-corrected chi connectivity index (χ3v) is 2.13. The van der Waals surface area contributed by atoms with Gasteiger partial charge in [0.05, 0.1) is 17.9 Å². The van der Waals surface area contributed by atoms with Crippen LogP contribution in [0.4, 0.5) is 0 Å². The number of nitrogens with zero attached hydrogens (tertiary/aromatic N) is 3. The summed E-state index contributed by atoms with van der Waals surface area (Å²) < 4.78 is 4.97. The highest BCUT2D eigenvalue weighted by Gasteiger charge is 2.15. The van der Waals surface area contributed by atoms with Crippen LogP contribution in [0.2, 0.25) is 0 Å². The molecule has 0 atom stereocenters. The molecule has 2 aromatic rings. The fourth-order valence-electron chi connectivity index (χ4n) is 1.41. The van der Waals surface area contributed by atoms with E-state index >= 15 is 0 Å². The highest BCUT2D eigenvalue weighted by atomic mass is 16.5. The van der Waals surface area contributed by atoms with E-state index in [2.05, 4.69) is 15.0 Å². The van der Waals surface area contributed by atoms with Crippen molar-refractivity contribution in [2.75, 3.05) is 6.61 Å². The quantitative estimate of drug-likeness (QED) is 0.750. The van der Waals surface area contributed by atoms with E-state index < -0.39 is 5.97 Å². The van der Waals surface area contributed by atoms with E-state index in [1.165, 1.54) is 6.33 Å². The summed E-state index contributed by atoms with van der Waals surface area (Å²) in [7, 11) is 0. The Hall–Kier alpha value is -2.30. The van der Waals surface area contributed by atoms with E-state index in [0.717, 1.165) is 0 Å². The van der Waals surface area contributed by atoms with E-state index in [9.17, 15) is 4.79 Å². The molecule has 0 unspecified atom stereocenters. The first-order chi connectivity index (χ1) is 8.33. The van der Waals surface area contributed by atoms with E-state index in [1.807, 2.05) is 0 Å². The van der Waals surface area contributed by atoms with Crippen molar-refractivity contribution < 1.29 is 9.53 Å². The molecule has 0 saturated heterocycles. The molecule has 0 aromatic carbocycles. The molecule has 2 heterocycles. The highest BCUT2D eigenvalue weighted by molar-refractivity contribution is 5.95. The third-order valence-electron chi connectivity index (χ3n) is 2.13. The molecule has 5 heteroatoms. The Morgan fingerprint density at radius 3 is 2.88 bits per heavy atom. The van der Waals surface area contributed by atoms with Crippen molar-refractivity contribution in [2.45, 2.75) is 6.92 Å². The molecular formula is C12H11N3O2. The van der Waals surface area contributed by atoms with Crippen molar-refractivity contribution in [3.05, 3.63) is 42.5 Å². The SMILES string of the molecule is CCOC(=O)c1cccnc1-c1ccncn1. The molecule has 2 rings (SSSR count). The van der Waals surface area contributed by atoms with E-state index in [0.29, 0.717) is 23.6 Å². The summed E-state index contributed by atoms with van der Waals surface area (Å²) in [5, 5.41) is 0. The smallest absolute Gasteiger partial charge is 0.340 e. The lowest BCUT2D eigenvalue weighted by atomic mass is 10.1. The molecule has 0 fully saturated rings. The topological polar surface area (TPSA) is 65.0 Å². The van der Waals surface area contributed by atoms with Gasteiger partial charge in [-0.1, -0.05) is 0 Å². The van der Waals surface area contributed by atoms with Crippen LogP contribution < -0.4 is 0 Å². The van der Waals surface area contributed by atoms with Crippen LogP contribution in [-0.2, 0) is 4.74 Å². The number of carbonyl (C=O) groups is 1. The van der Waals surface area contributed by atoms with Crippen LogP contribution in [0.5, 0.6) is 0 Å². The number of hydrogen-bond acceptors (Lipinski definition) is 5. The van der Waals surface area contributed by atoms with E-state index in [4.69, 9.17) is 4.74 Å². The maximum atomic E-state index is 11.7. The van der Waals surface area contributed by atoms with Crippen molar-refractivity contribution in [1.82, 2.24) is 15.0 Å². The highest BCUT2D eigenvalue weighted by Crippen LogP contribution is 2.18. The van der Waals surface area contributed by atoms with Gasteiger partial charge in [-0.25, -0.2) is 14.8 Å². The number of ether oxygens (including phenoxy) is 1. The molecule has 0 N–H and O–H groups in total. The van der Waals surface area contributed by atoms with Crippen LogP contribution in [0.25, 0.3) is 11.4 Å². The van der Waals surface area contributed by atoms with Gasteiger partial charge in [-0.2, -0.15) is 0 Å². The summed E-state index contributed by atoms with van der Waals surface area (Å²) in [6.45, 7) is 2.09. The predicted molar refractivity (Wildman–Crippen MR) is 61.2 cm³/mol. The second-order valence-electron chi connectivity index (χ2n) is 3.21. The van der Waals surface area contributed by atoms with Crippen LogP contribution in [0.3, 0.4) is 0 Å². The lowest BCUT2D eigenvalue weighted by molar-refractivity contribution is 0.0527. The Kier molecular flexibility index (Phi) is 3.40. The van der Waals surface area contributed by atoms with Gasteiger partial charge in [-0.05, 0) is 25.1 Å². The standard InChI is InChI=1S/C12H11N3O2/c1-2-17-12(16)9-4-3-6-14-11(9)10-5-7-13-8-15-10/h3-8H,2H2,1H3. The van der Waals surface area contributed by atoms with Crippen LogP contribution in [-0.4, -0.2) is 27.5 Å². The Morgan fingerprint density at radius 1 is 1.29 bits per heavy atom. The van der Waals surface area contributed by atoms with Crippen molar-refractivity contribution >= 4 is 5.97 Å². The van der Waals surface area contributed by atoms with Crippen molar-refractivity contribution in [2.24, 2.45) is 0 Å². The summed E-state index contributed by atoms with van der Waals surface area (Å²) in [6.07, 6.45) is 4.63. The number of hydrogen-bond donors (Lipinski definition) is 0. The van der Waals surface area contributed by atoms with Crippen molar-refractivity contribution in [3.63, 3.8) is 0 Å². The summed E-state index contributed by atoms with van der Waals surface area (Å²) in [6, 6.07) is 5.06. The van der Waals surface area contributed by atoms with Gasteiger partial charge in [-0.3, -0.25) is 4.98 Å². The van der Waals surface area contributed by atoms with Crippen molar-refractivity contribution in [1.29, 1.82) is 0 Å². The lowest BCUT2D eigenvalue weighted by Crippen LogP contribution is -2.07. The predicted octanol–water partition coefficient (Wildman–Crippen LogP) is 1.72. The molecule has 0 amide bonds. The summed E-state index contributed by atoms with van der Waals surface area (Å²) in [4.78, 5) is 23.8. The lowest BCUT2D eigenvalue weighted by Gasteiger charge is -2.06. The second-order valence-corrected chi connectivity index (χ2v) is 3.21. The second kappa shape index (κ2) is 5.16. The Balaban J connectivity index is 2.45. The summed E-state index contributed by atoms with van der Waals surface area (Å²) >= 11 is 0. The van der Waals surface area contributed by atoms with Gasteiger partial charge in [0, 0.05) is 12.4 Å². The largest absolute Gasteiger partial charge is 0.462 e. The maximum Gasteiger partial charge on any atom is 0.340 e. The molecule has 0 radical (unpaired) electrons. The number of esters is 1. The number of pyridine rings is 1. The summed E-state index contributed by atoms with van der Waals surface area (Å²) in [5.41, 5.74) is 1.52. The number of carbonyl (C=O) groups excluding carboxylic acids is 1. The first-order valence-corrected chi connectivity index (χ1v) is 5.21. The average Bonchev–Trinajstić information content (AvgIpc) is 2.40. The van der Waals surface area contributed by atoms with Crippen LogP contribution in [0.15, 0.2) is 36.9 Å². The molecule has 17 heavy (non-hydrogen) atoms. The first-order valence-electron chi connectivity index (χ1n) is 5.21. The Bertz CT molecular complexity index is 514. The molecule has 0 bridgehead atoms. The fourth-order valence-corrected chi connectivity index (χ4v) is 1.41. The van der Waals surface area contributed by atoms with Crippen molar-refractivity contribution in [3.8, 4) is 11.4 Å². The minimum absolute atomic E-state index is 0.330. The minimum atomic E-state index is -0.394. The minimum Gasteiger partial charge on any atom is -0.462 e. The number of rotatable bonds is 3. The van der Waals surface area contributed by atoms with E-state index in [-0.39, 0.29) is 0 Å². The zero-order valence-corrected chi connectivity index (χ0v) is 9.33. The van der Waals surface area contributed by atoms with Gasteiger partial charge in [0.25, 0.3) is 0 Å². The molecular weight excluding hydrogens is 218 g/mol. The maximum absolute atomic E-state index is 11.7. The van der Waals surface area contributed by atoms with Crippen LogP contribution >= 0.6 is 0 Å². The first kappa shape index (κ1) is 11.2. The average molecular weight is 229 g/mol. The molecule has 5 nitrogen and oxygen atoms in total.